The molecule has 2 rings (SSSR count). The topological polar surface area (TPSA) is 76.7 Å². The minimum atomic E-state index is -0.436. The summed E-state index contributed by atoms with van der Waals surface area (Å²) in [4.78, 5) is 24.6. The number of ether oxygens (including phenoxy) is 2. The Bertz CT molecular complexity index is 529. The third-order valence-corrected chi connectivity index (χ3v) is 4.56. The summed E-state index contributed by atoms with van der Waals surface area (Å²) in [7, 11) is 1.33. The van der Waals surface area contributed by atoms with Crippen molar-refractivity contribution in [1.29, 1.82) is 0 Å². The number of carbonyl (C=O) groups excluding carboxylic acids is 2. The second-order valence-corrected chi connectivity index (χ2v) is 5.79. The molecule has 1 aromatic rings. The minimum Gasteiger partial charge on any atom is -0.465 e. The smallest absolute Gasteiger partial charge is 0.350 e. The second-order valence-electron chi connectivity index (χ2n) is 4.91. The number of hydrogen-bond acceptors (Lipinski definition) is 6. The number of carbonyl (C=O) groups is 2. The molecule has 1 aliphatic rings. The number of methoxy groups -OCH3 is 1. The maximum absolute atomic E-state index is 12.4. The van der Waals surface area contributed by atoms with Gasteiger partial charge >= 0.3 is 5.97 Å². The van der Waals surface area contributed by atoms with Crippen molar-refractivity contribution in [3.8, 4) is 0 Å². The third kappa shape index (κ3) is 3.42. The molecule has 2 unspecified atom stereocenters. The first kappa shape index (κ1) is 15.9. The number of rotatable bonds is 5. The molecule has 21 heavy (non-hydrogen) atoms. The molecule has 1 fully saturated rings. The molecule has 0 radical (unpaired) electrons. The molecule has 1 aromatic heterocycles. The van der Waals surface area contributed by atoms with E-state index < -0.39 is 5.97 Å². The predicted molar refractivity (Wildman–Crippen MR) is 80.8 cm³/mol. The summed E-state index contributed by atoms with van der Waals surface area (Å²) in [6.45, 7) is 5.54. The Balaban J connectivity index is 2.12. The van der Waals surface area contributed by atoms with Gasteiger partial charge in [-0.2, -0.15) is 0 Å². The number of nitrogens with one attached hydrogen (secondary N) is 2. The zero-order chi connectivity index (χ0) is 15.4. The Morgan fingerprint density at radius 1 is 1.48 bits per heavy atom. The maximum Gasteiger partial charge on any atom is 0.350 e. The average Bonchev–Trinajstić information content (AvgIpc) is 3.07. The number of amides is 1. The van der Waals surface area contributed by atoms with E-state index in [0.717, 1.165) is 12.1 Å². The van der Waals surface area contributed by atoms with Crippen molar-refractivity contribution in [2.75, 3.05) is 32.2 Å². The van der Waals surface area contributed by atoms with E-state index in [0.29, 0.717) is 23.8 Å². The molecule has 7 heteroatoms. The Hall–Kier alpha value is -1.44. The van der Waals surface area contributed by atoms with Crippen LogP contribution in [0, 0.1) is 12.8 Å². The summed E-state index contributed by atoms with van der Waals surface area (Å²) < 4.78 is 10.1. The monoisotopic (exact) mass is 312 g/mol. The highest BCUT2D eigenvalue weighted by Gasteiger charge is 2.34. The van der Waals surface area contributed by atoms with Gasteiger partial charge in [-0.05, 0) is 24.4 Å². The molecule has 1 amide bonds. The van der Waals surface area contributed by atoms with Crippen LogP contribution in [-0.2, 0) is 14.3 Å². The van der Waals surface area contributed by atoms with Crippen molar-refractivity contribution in [3.05, 3.63) is 15.8 Å². The highest BCUT2D eigenvalue weighted by Crippen LogP contribution is 2.29. The van der Waals surface area contributed by atoms with Crippen LogP contribution in [0.5, 0.6) is 0 Å². The van der Waals surface area contributed by atoms with Crippen molar-refractivity contribution in [3.63, 3.8) is 0 Å². The van der Waals surface area contributed by atoms with Gasteiger partial charge < -0.3 is 20.1 Å². The van der Waals surface area contributed by atoms with Crippen LogP contribution < -0.4 is 10.6 Å². The summed E-state index contributed by atoms with van der Waals surface area (Å²) in [5.74, 6) is -0.825. The molecule has 6 nitrogen and oxygen atoms in total. The van der Waals surface area contributed by atoms with Crippen molar-refractivity contribution in [2.24, 2.45) is 5.92 Å². The summed E-state index contributed by atoms with van der Waals surface area (Å²) in [5.41, 5.74) is 1.40. The molecular weight excluding hydrogens is 292 g/mol. The summed E-state index contributed by atoms with van der Waals surface area (Å²) in [6.07, 6.45) is 0. The van der Waals surface area contributed by atoms with Crippen LogP contribution in [0.25, 0.3) is 0 Å². The average molecular weight is 312 g/mol. The van der Waals surface area contributed by atoms with E-state index in [4.69, 9.17) is 9.47 Å². The largest absolute Gasteiger partial charge is 0.465 e. The fourth-order valence-corrected chi connectivity index (χ4v) is 3.26. The van der Waals surface area contributed by atoms with Crippen LogP contribution in [0.4, 0.5) is 5.69 Å². The molecule has 2 N–H and O–H groups in total. The fraction of sp³-hybridized carbons (Fsp3) is 0.571. The van der Waals surface area contributed by atoms with Gasteiger partial charge in [-0.15, -0.1) is 11.3 Å². The molecule has 0 spiro atoms. The van der Waals surface area contributed by atoms with E-state index in [1.165, 1.54) is 18.4 Å². The summed E-state index contributed by atoms with van der Waals surface area (Å²) in [6, 6.07) is 0.00974. The molecule has 116 valence electrons. The molecule has 0 aliphatic carbocycles. The van der Waals surface area contributed by atoms with Crippen LogP contribution in [0.1, 0.15) is 22.2 Å². The van der Waals surface area contributed by atoms with Crippen LogP contribution >= 0.6 is 11.3 Å². The quantitative estimate of drug-likeness (QED) is 0.804. The Labute approximate surface area is 127 Å². The van der Waals surface area contributed by atoms with E-state index in [1.54, 1.807) is 0 Å². The van der Waals surface area contributed by atoms with Crippen molar-refractivity contribution in [2.45, 2.75) is 19.9 Å². The molecule has 0 bridgehead atoms. The first-order chi connectivity index (χ1) is 10.1. The summed E-state index contributed by atoms with van der Waals surface area (Å²) in [5, 5.41) is 7.93. The molecular formula is C14H20N2O4S. The third-order valence-electron chi connectivity index (χ3n) is 3.48. The standard InChI is InChI=1S/C14H20N2O4S/c1-4-15-10-6-20-5-9(10)13(17)16-11-8(2)7-21-12(11)14(18)19-3/h7,9-10,15H,4-6H2,1-3H3,(H,16,17). The zero-order valence-corrected chi connectivity index (χ0v) is 13.2. The number of aryl methyl sites for hydroxylation is 1. The van der Waals surface area contributed by atoms with Crippen LogP contribution in [-0.4, -0.2) is 44.8 Å². The fourth-order valence-electron chi connectivity index (χ4n) is 2.33. The lowest BCUT2D eigenvalue weighted by Gasteiger charge is -2.18. The lowest BCUT2D eigenvalue weighted by molar-refractivity contribution is -0.120. The van der Waals surface area contributed by atoms with Gasteiger partial charge in [-0.3, -0.25) is 4.79 Å². The van der Waals surface area contributed by atoms with E-state index >= 15 is 0 Å². The highest BCUT2D eigenvalue weighted by atomic mass is 32.1. The van der Waals surface area contributed by atoms with Crippen LogP contribution in [0.2, 0.25) is 0 Å². The van der Waals surface area contributed by atoms with Gasteiger partial charge in [-0.1, -0.05) is 6.92 Å². The first-order valence-corrected chi connectivity index (χ1v) is 7.74. The molecule has 1 saturated heterocycles. The van der Waals surface area contributed by atoms with E-state index in [-0.39, 0.29) is 17.9 Å². The van der Waals surface area contributed by atoms with Gasteiger partial charge in [0, 0.05) is 6.04 Å². The first-order valence-electron chi connectivity index (χ1n) is 6.86. The van der Waals surface area contributed by atoms with Crippen molar-refractivity contribution >= 4 is 28.9 Å². The normalized spacial score (nSPS) is 21.3. The maximum atomic E-state index is 12.4. The van der Waals surface area contributed by atoms with E-state index in [2.05, 4.69) is 10.6 Å². The van der Waals surface area contributed by atoms with Crippen molar-refractivity contribution in [1.82, 2.24) is 5.32 Å². The molecule has 2 heterocycles. The van der Waals surface area contributed by atoms with Gasteiger partial charge in [0.25, 0.3) is 0 Å². The number of likely N-dealkylation sites (N-methyl/N-ethyl adjacent to an activating group) is 1. The molecule has 0 aromatic carbocycles. The SMILES string of the molecule is CCNC1COCC1C(=O)Nc1c(C)csc1C(=O)OC. The number of hydrogen-bond donors (Lipinski definition) is 2. The highest BCUT2D eigenvalue weighted by molar-refractivity contribution is 7.12. The van der Waals surface area contributed by atoms with Gasteiger partial charge in [-0.25, -0.2) is 4.79 Å². The lowest BCUT2D eigenvalue weighted by Crippen LogP contribution is -2.41. The molecule has 0 saturated carbocycles. The Kier molecular flexibility index (Phi) is 5.33. The van der Waals surface area contributed by atoms with Gasteiger partial charge in [0.1, 0.15) is 4.88 Å². The predicted octanol–water partition coefficient (Wildman–Crippen LogP) is 1.41. The lowest BCUT2D eigenvalue weighted by atomic mass is 10.0. The van der Waals surface area contributed by atoms with Crippen LogP contribution in [0.3, 0.4) is 0 Å². The van der Waals surface area contributed by atoms with Crippen LogP contribution in [0.15, 0.2) is 5.38 Å². The number of thiophene rings is 1. The molecule has 2 atom stereocenters. The van der Waals surface area contributed by atoms with Gasteiger partial charge in [0.2, 0.25) is 5.91 Å². The Morgan fingerprint density at radius 2 is 2.24 bits per heavy atom. The van der Waals surface area contributed by atoms with E-state index in [1.807, 2.05) is 19.2 Å². The van der Waals surface area contributed by atoms with Gasteiger partial charge in [0.15, 0.2) is 0 Å². The number of esters is 1. The van der Waals surface area contributed by atoms with E-state index in [9.17, 15) is 9.59 Å². The molecule has 1 aliphatic heterocycles. The van der Waals surface area contributed by atoms with Gasteiger partial charge in [0.05, 0.1) is 31.9 Å². The minimum absolute atomic E-state index is 0.00974. The second kappa shape index (κ2) is 7.02. The number of anilines is 1. The Morgan fingerprint density at radius 3 is 2.90 bits per heavy atom. The zero-order valence-electron chi connectivity index (χ0n) is 12.4. The van der Waals surface area contributed by atoms with Crippen molar-refractivity contribution < 1.29 is 19.1 Å². The summed E-state index contributed by atoms with van der Waals surface area (Å²) >= 11 is 1.27.